The molecule has 4 rings (SSSR count). The summed E-state index contributed by atoms with van der Waals surface area (Å²) in [5, 5.41) is 4.35. The molecule has 1 fully saturated rings. The molecule has 2 aromatic heterocycles. The number of nitrogens with zero attached hydrogens (tertiary/aromatic N) is 5. The van der Waals surface area contributed by atoms with Crippen LogP contribution in [-0.4, -0.2) is 65.0 Å². The number of likely N-dealkylation sites (N-methyl/N-ethyl adjacent to an activating group) is 1. The molecule has 1 aromatic carbocycles. The highest BCUT2D eigenvalue weighted by Gasteiger charge is 2.30. The van der Waals surface area contributed by atoms with E-state index in [4.69, 9.17) is 14.5 Å². The standard InChI is InChI=1S/C22H26FN5O3/c1-14(2)31-22(29)26(3)16-7-9-27(13-16)20-8-10-28-21(25-20)18(12-24-28)17-11-15(23)5-6-19(17)30-4/h5-6,8,10-12,14,16H,7,9,13H2,1-4H3/t16-/m0/s1. The number of aromatic nitrogens is 3. The number of rotatable bonds is 5. The Balaban J connectivity index is 1.60. The van der Waals surface area contributed by atoms with Gasteiger partial charge in [0.05, 0.1) is 31.0 Å². The van der Waals surface area contributed by atoms with Crippen molar-refractivity contribution in [3.8, 4) is 16.9 Å². The summed E-state index contributed by atoms with van der Waals surface area (Å²) < 4.78 is 26.3. The van der Waals surface area contributed by atoms with Gasteiger partial charge >= 0.3 is 6.09 Å². The van der Waals surface area contributed by atoms with Crippen LogP contribution in [-0.2, 0) is 4.74 Å². The molecule has 0 unspecified atom stereocenters. The fourth-order valence-corrected chi connectivity index (χ4v) is 3.82. The molecule has 9 heteroatoms. The molecule has 1 aliphatic rings. The average molecular weight is 427 g/mol. The summed E-state index contributed by atoms with van der Waals surface area (Å²) in [7, 11) is 3.31. The van der Waals surface area contributed by atoms with Crippen LogP contribution in [0.15, 0.2) is 36.7 Å². The highest BCUT2D eigenvalue weighted by molar-refractivity contribution is 5.81. The summed E-state index contributed by atoms with van der Waals surface area (Å²) in [5.41, 5.74) is 1.89. The van der Waals surface area contributed by atoms with Gasteiger partial charge in [0, 0.05) is 31.9 Å². The summed E-state index contributed by atoms with van der Waals surface area (Å²) in [6.45, 7) is 5.09. The molecule has 0 radical (unpaired) electrons. The molecule has 0 bridgehead atoms. The predicted octanol–water partition coefficient (Wildman–Crippen LogP) is 3.60. The van der Waals surface area contributed by atoms with Crippen molar-refractivity contribution in [3.05, 3.63) is 42.5 Å². The minimum absolute atomic E-state index is 0.0389. The molecule has 0 spiro atoms. The maximum atomic E-state index is 13.9. The van der Waals surface area contributed by atoms with E-state index in [1.807, 2.05) is 26.1 Å². The molecular formula is C22H26FN5O3. The molecule has 8 nitrogen and oxygen atoms in total. The van der Waals surface area contributed by atoms with Crippen LogP contribution in [0, 0.1) is 5.82 Å². The van der Waals surface area contributed by atoms with Crippen molar-refractivity contribution in [1.29, 1.82) is 0 Å². The SMILES string of the molecule is COc1ccc(F)cc1-c1cnn2ccc(N3CC[C@H](N(C)C(=O)OC(C)C)C3)nc12. The Hall–Kier alpha value is -3.36. The van der Waals surface area contributed by atoms with Gasteiger partial charge in [0.1, 0.15) is 17.4 Å². The van der Waals surface area contributed by atoms with E-state index < -0.39 is 0 Å². The van der Waals surface area contributed by atoms with Crippen LogP contribution in [0.1, 0.15) is 20.3 Å². The van der Waals surface area contributed by atoms with Gasteiger partial charge in [0.15, 0.2) is 5.65 Å². The predicted molar refractivity (Wildman–Crippen MR) is 115 cm³/mol. The number of anilines is 1. The Morgan fingerprint density at radius 3 is 2.84 bits per heavy atom. The number of amides is 1. The number of benzene rings is 1. The normalized spacial score (nSPS) is 16.2. The van der Waals surface area contributed by atoms with Crippen LogP contribution in [0.4, 0.5) is 15.0 Å². The van der Waals surface area contributed by atoms with Crippen molar-refractivity contribution in [2.24, 2.45) is 0 Å². The van der Waals surface area contributed by atoms with Crippen molar-refractivity contribution in [2.75, 3.05) is 32.1 Å². The molecular weight excluding hydrogens is 401 g/mol. The number of hydrogen-bond donors (Lipinski definition) is 0. The van der Waals surface area contributed by atoms with Gasteiger partial charge in [-0.3, -0.25) is 0 Å². The van der Waals surface area contributed by atoms with E-state index >= 15 is 0 Å². The molecule has 3 heterocycles. The highest BCUT2D eigenvalue weighted by atomic mass is 19.1. The van der Waals surface area contributed by atoms with Crippen molar-refractivity contribution in [3.63, 3.8) is 0 Å². The quantitative estimate of drug-likeness (QED) is 0.620. The molecule has 1 amide bonds. The van der Waals surface area contributed by atoms with Crippen LogP contribution in [0.2, 0.25) is 0 Å². The van der Waals surface area contributed by atoms with Crippen LogP contribution in [0.25, 0.3) is 16.8 Å². The number of carbonyl (C=O) groups is 1. The van der Waals surface area contributed by atoms with Crippen molar-refractivity contribution >= 4 is 17.6 Å². The number of ether oxygens (including phenoxy) is 2. The third kappa shape index (κ3) is 4.12. The molecule has 31 heavy (non-hydrogen) atoms. The third-order valence-electron chi connectivity index (χ3n) is 5.47. The van der Waals surface area contributed by atoms with E-state index in [0.29, 0.717) is 29.1 Å². The summed E-state index contributed by atoms with van der Waals surface area (Å²) in [6.07, 6.45) is 3.83. The lowest BCUT2D eigenvalue weighted by molar-refractivity contribution is 0.0748. The lowest BCUT2D eigenvalue weighted by Crippen LogP contribution is -2.40. The molecule has 0 saturated carbocycles. The second-order valence-corrected chi connectivity index (χ2v) is 7.89. The van der Waals surface area contributed by atoms with Gasteiger partial charge in [-0.15, -0.1) is 0 Å². The number of methoxy groups -OCH3 is 1. The van der Waals surface area contributed by atoms with Crippen molar-refractivity contribution in [1.82, 2.24) is 19.5 Å². The fraction of sp³-hybridized carbons (Fsp3) is 0.409. The Bertz CT molecular complexity index is 1100. The summed E-state index contributed by atoms with van der Waals surface area (Å²) in [6, 6.07) is 6.30. The second kappa shape index (κ2) is 8.41. The molecule has 1 aliphatic heterocycles. The summed E-state index contributed by atoms with van der Waals surface area (Å²) in [4.78, 5) is 20.8. The Labute approximate surface area is 180 Å². The van der Waals surface area contributed by atoms with E-state index in [2.05, 4.69) is 10.00 Å². The number of carbonyl (C=O) groups excluding carboxylic acids is 1. The zero-order chi connectivity index (χ0) is 22.1. The van der Waals surface area contributed by atoms with E-state index in [9.17, 15) is 9.18 Å². The van der Waals surface area contributed by atoms with E-state index in [1.54, 1.807) is 35.8 Å². The number of halogens is 1. The summed E-state index contributed by atoms with van der Waals surface area (Å²) >= 11 is 0. The maximum Gasteiger partial charge on any atom is 0.410 e. The molecule has 1 atom stereocenters. The van der Waals surface area contributed by atoms with Crippen LogP contribution < -0.4 is 9.64 Å². The molecule has 0 aliphatic carbocycles. The maximum absolute atomic E-state index is 13.9. The molecule has 1 saturated heterocycles. The average Bonchev–Trinajstić information content (AvgIpc) is 3.39. The topological polar surface area (TPSA) is 72.2 Å². The summed E-state index contributed by atoms with van der Waals surface area (Å²) in [5.74, 6) is 0.970. The van der Waals surface area contributed by atoms with E-state index in [1.165, 1.54) is 12.1 Å². The Kier molecular flexibility index (Phi) is 5.67. The van der Waals surface area contributed by atoms with E-state index in [0.717, 1.165) is 18.8 Å². The van der Waals surface area contributed by atoms with Gasteiger partial charge in [0.25, 0.3) is 0 Å². The number of hydrogen-bond acceptors (Lipinski definition) is 6. The van der Waals surface area contributed by atoms with Gasteiger partial charge in [-0.05, 0) is 44.5 Å². The zero-order valence-corrected chi connectivity index (χ0v) is 18.1. The van der Waals surface area contributed by atoms with Gasteiger partial charge in [-0.1, -0.05) is 0 Å². The van der Waals surface area contributed by atoms with Gasteiger partial charge in [-0.25, -0.2) is 18.7 Å². The molecule has 3 aromatic rings. The van der Waals surface area contributed by atoms with E-state index in [-0.39, 0.29) is 24.1 Å². The van der Waals surface area contributed by atoms with Crippen molar-refractivity contribution < 1.29 is 18.7 Å². The molecule has 0 N–H and O–H groups in total. The Morgan fingerprint density at radius 2 is 2.10 bits per heavy atom. The minimum atomic E-state index is -0.356. The third-order valence-corrected chi connectivity index (χ3v) is 5.47. The molecule has 164 valence electrons. The van der Waals surface area contributed by atoms with Crippen LogP contribution in [0.3, 0.4) is 0 Å². The van der Waals surface area contributed by atoms with Gasteiger partial charge < -0.3 is 19.3 Å². The number of fused-ring (bicyclic) bond motifs is 1. The van der Waals surface area contributed by atoms with Gasteiger partial charge in [0.2, 0.25) is 0 Å². The first-order chi connectivity index (χ1) is 14.9. The lowest BCUT2D eigenvalue weighted by Gasteiger charge is -2.25. The first kappa shape index (κ1) is 20.9. The van der Waals surface area contributed by atoms with Crippen LogP contribution in [0.5, 0.6) is 5.75 Å². The Morgan fingerprint density at radius 1 is 1.29 bits per heavy atom. The zero-order valence-electron chi connectivity index (χ0n) is 18.1. The van der Waals surface area contributed by atoms with Crippen molar-refractivity contribution in [2.45, 2.75) is 32.4 Å². The first-order valence-corrected chi connectivity index (χ1v) is 10.2. The first-order valence-electron chi connectivity index (χ1n) is 10.2. The monoisotopic (exact) mass is 427 g/mol. The highest BCUT2D eigenvalue weighted by Crippen LogP contribution is 2.33. The fourth-order valence-electron chi connectivity index (χ4n) is 3.82. The second-order valence-electron chi connectivity index (χ2n) is 7.89. The smallest absolute Gasteiger partial charge is 0.410 e. The lowest BCUT2D eigenvalue weighted by atomic mass is 10.1. The minimum Gasteiger partial charge on any atom is -0.496 e. The van der Waals surface area contributed by atoms with Gasteiger partial charge in [-0.2, -0.15) is 5.10 Å². The largest absolute Gasteiger partial charge is 0.496 e. The van der Waals surface area contributed by atoms with Crippen LogP contribution >= 0.6 is 0 Å².